The zero-order valence-electron chi connectivity index (χ0n) is 19.0. The van der Waals surface area contributed by atoms with Crippen LogP contribution in [0.15, 0.2) is 52.9 Å². The number of hydrogen-bond donors (Lipinski definition) is 2. The molecule has 0 saturated carbocycles. The van der Waals surface area contributed by atoms with Crippen LogP contribution in [0.3, 0.4) is 0 Å². The summed E-state index contributed by atoms with van der Waals surface area (Å²) in [6.07, 6.45) is 0.392. The van der Waals surface area contributed by atoms with Crippen molar-refractivity contribution in [3.8, 4) is 17.6 Å². The van der Waals surface area contributed by atoms with Crippen molar-refractivity contribution in [2.24, 2.45) is 0 Å². The van der Waals surface area contributed by atoms with Gasteiger partial charge in [0.05, 0.1) is 12.1 Å². The zero-order chi connectivity index (χ0) is 24.3. The van der Waals surface area contributed by atoms with Crippen molar-refractivity contribution < 1.29 is 23.8 Å². The molecule has 0 bridgehead atoms. The number of nitrogens with zero attached hydrogens (tertiary/aromatic N) is 3. The molecule has 1 aliphatic rings. The second-order valence-electron chi connectivity index (χ2n) is 8.39. The molecule has 9 nitrogen and oxygen atoms in total. The van der Waals surface area contributed by atoms with E-state index >= 15 is 0 Å². The lowest BCUT2D eigenvalue weighted by atomic mass is 10.1. The normalized spacial score (nSPS) is 15.5. The lowest BCUT2D eigenvalue weighted by molar-refractivity contribution is -0.120. The van der Waals surface area contributed by atoms with Crippen molar-refractivity contribution in [3.63, 3.8) is 0 Å². The maximum Gasteiger partial charge on any atom is 0.309 e. The molecule has 3 aromatic rings. The Morgan fingerprint density at radius 2 is 2.00 bits per heavy atom. The molecular formula is C25H24N4O5. The Balaban J connectivity index is 1.46. The Kier molecular flexibility index (Phi) is 6.34. The zero-order valence-corrected chi connectivity index (χ0v) is 19.0. The number of likely N-dealkylation sites (N-methyl/N-ethyl adjacent to an activating group) is 1. The Labute approximate surface area is 196 Å². The van der Waals surface area contributed by atoms with Crippen LogP contribution in [0.4, 0.5) is 5.69 Å². The minimum atomic E-state index is -1.14. The van der Waals surface area contributed by atoms with Crippen LogP contribution in [-0.4, -0.2) is 52.4 Å². The Bertz CT molecular complexity index is 1270. The van der Waals surface area contributed by atoms with Crippen molar-refractivity contribution in [3.05, 3.63) is 71.4 Å². The molecule has 9 heteroatoms. The van der Waals surface area contributed by atoms with E-state index in [9.17, 15) is 14.7 Å². The molecule has 2 aromatic carbocycles. The van der Waals surface area contributed by atoms with Crippen LogP contribution in [0.5, 0.6) is 5.75 Å². The summed E-state index contributed by atoms with van der Waals surface area (Å²) in [6.45, 7) is 3.11. The van der Waals surface area contributed by atoms with Gasteiger partial charge in [-0.05, 0) is 37.6 Å². The van der Waals surface area contributed by atoms with E-state index in [0.29, 0.717) is 29.3 Å². The molecule has 0 radical (unpaired) electrons. The van der Waals surface area contributed by atoms with Gasteiger partial charge in [-0.25, -0.2) is 0 Å². The number of hydrogen-bond acceptors (Lipinski definition) is 7. The number of fused-ring (bicyclic) bond motifs is 1. The predicted molar refractivity (Wildman–Crippen MR) is 123 cm³/mol. The largest absolute Gasteiger partial charge is 0.489 e. The molecule has 0 aliphatic carbocycles. The van der Waals surface area contributed by atoms with E-state index in [4.69, 9.17) is 9.15 Å². The molecule has 2 heterocycles. The van der Waals surface area contributed by atoms with E-state index in [-0.39, 0.29) is 18.4 Å². The summed E-state index contributed by atoms with van der Waals surface area (Å²) in [5.74, 6) is 5.13. The fraction of sp³-hybridized carbons (Fsp3) is 0.280. The number of benzene rings is 2. The molecule has 174 valence electrons. The van der Waals surface area contributed by atoms with Gasteiger partial charge in [0.1, 0.15) is 24.0 Å². The van der Waals surface area contributed by atoms with Gasteiger partial charge in [-0.3, -0.25) is 9.59 Å². The Hall–Kier alpha value is -4.16. The first-order valence-electron chi connectivity index (χ1n) is 10.7. The number of rotatable bonds is 4. The Morgan fingerprint density at radius 1 is 1.24 bits per heavy atom. The number of carbonyl (C=O) groups excluding carboxylic acids is 2. The first-order valence-corrected chi connectivity index (χ1v) is 10.7. The molecule has 0 unspecified atom stereocenters. The first kappa shape index (κ1) is 23.0. The molecule has 2 N–H and O–H groups in total. The smallest absolute Gasteiger partial charge is 0.309 e. The molecule has 34 heavy (non-hydrogen) atoms. The predicted octanol–water partition coefficient (Wildman–Crippen LogP) is 1.94. The molecule has 0 saturated heterocycles. The van der Waals surface area contributed by atoms with Crippen LogP contribution in [0.2, 0.25) is 0 Å². The molecule has 2 amide bonds. The highest BCUT2D eigenvalue weighted by molar-refractivity contribution is 6.02. The number of anilines is 1. The highest BCUT2D eigenvalue weighted by atomic mass is 16.5. The third-order valence-corrected chi connectivity index (χ3v) is 5.03. The molecular weight excluding hydrogens is 436 g/mol. The van der Waals surface area contributed by atoms with Crippen molar-refractivity contribution in [1.82, 2.24) is 15.5 Å². The van der Waals surface area contributed by atoms with Crippen LogP contribution in [0.25, 0.3) is 0 Å². The fourth-order valence-electron chi connectivity index (χ4n) is 3.31. The standard InChI is InChI=1S/C25H24N4O5/c1-25(2,32)12-11-17-9-10-20-19(13-17)29(3)24(31)18(15-33-20)26-22(30)23-28-27-21(34-23)14-16-7-5-4-6-8-16/h4-10,13,18,32H,14-15H2,1-3H3,(H,26,30)/t18-/m0/s1. The number of ether oxygens (including phenoxy) is 1. The van der Waals surface area contributed by atoms with Gasteiger partial charge in [-0.15, -0.1) is 10.2 Å². The van der Waals surface area contributed by atoms with Crippen LogP contribution < -0.4 is 15.0 Å². The SMILES string of the molecule is CN1C(=O)[C@@H](NC(=O)c2nnc(Cc3ccccc3)o2)COc2ccc(C#CC(C)(C)O)cc21. The number of aromatic nitrogens is 2. The number of amides is 2. The topological polar surface area (TPSA) is 118 Å². The molecule has 0 spiro atoms. The molecule has 0 fully saturated rings. The van der Waals surface area contributed by atoms with E-state index in [1.165, 1.54) is 4.90 Å². The van der Waals surface area contributed by atoms with Crippen LogP contribution in [0.1, 0.15) is 41.6 Å². The first-order chi connectivity index (χ1) is 16.2. The minimum Gasteiger partial charge on any atom is -0.489 e. The van der Waals surface area contributed by atoms with E-state index in [1.54, 1.807) is 39.1 Å². The fourth-order valence-corrected chi connectivity index (χ4v) is 3.31. The van der Waals surface area contributed by atoms with Crippen molar-refractivity contribution >= 4 is 17.5 Å². The summed E-state index contributed by atoms with van der Waals surface area (Å²) in [7, 11) is 1.59. The third kappa shape index (κ3) is 5.42. The summed E-state index contributed by atoms with van der Waals surface area (Å²) in [5, 5.41) is 20.2. The highest BCUT2D eigenvalue weighted by Crippen LogP contribution is 2.31. The molecule has 4 rings (SSSR count). The van der Waals surface area contributed by atoms with Gasteiger partial charge < -0.3 is 24.5 Å². The van der Waals surface area contributed by atoms with Gasteiger partial charge in [0.25, 0.3) is 5.91 Å². The third-order valence-electron chi connectivity index (χ3n) is 5.03. The maximum atomic E-state index is 13.0. The summed E-state index contributed by atoms with van der Waals surface area (Å²) in [6, 6.07) is 13.7. The van der Waals surface area contributed by atoms with Crippen LogP contribution in [0, 0.1) is 11.8 Å². The monoisotopic (exact) mass is 460 g/mol. The van der Waals surface area contributed by atoms with E-state index in [1.807, 2.05) is 30.3 Å². The summed E-state index contributed by atoms with van der Waals surface area (Å²) < 4.78 is 11.3. The number of carbonyl (C=O) groups is 2. The average Bonchev–Trinajstić information content (AvgIpc) is 3.24. The summed E-state index contributed by atoms with van der Waals surface area (Å²) >= 11 is 0. The van der Waals surface area contributed by atoms with Gasteiger partial charge in [-0.2, -0.15) is 0 Å². The Morgan fingerprint density at radius 3 is 2.74 bits per heavy atom. The van der Waals surface area contributed by atoms with Crippen molar-refractivity contribution in [2.75, 3.05) is 18.6 Å². The molecule has 1 aromatic heterocycles. The van der Waals surface area contributed by atoms with Gasteiger partial charge >= 0.3 is 11.8 Å². The van der Waals surface area contributed by atoms with Crippen LogP contribution >= 0.6 is 0 Å². The van der Waals surface area contributed by atoms with Gasteiger partial charge in [0.15, 0.2) is 0 Å². The van der Waals surface area contributed by atoms with Gasteiger partial charge in [0.2, 0.25) is 5.89 Å². The van der Waals surface area contributed by atoms with Gasteiger partial charge in [0, 0.05) is 12.6 Å². The second kappa shape index (κ2) is 9.37. The van der Waals surface area contributed by atoms with E-state index < -0.39 is 17.6 Å². The summed E-state index contributed by atoms with van der Waals surface area (Å²) in [5.41, 5.74) is 0.947. The van der Waals surface area contributed by atoms with E-state index in [0.717, 1.165) is 5.56 Å². The van der Waals surface area contributed by atoms with E-state index in [2.05, 4.69) is 27.4 Å². The second-order valence-corrected chi connectivity index (χ2v) is 8.39. The van der Waals surface area contributed by atoms with Crippen molar-refractivity contribution in [1.29, 1.82) is 0 Å². The highest BCUT2D eigenvalue weighted by Gasteiger charge is 2.32. The van der Waals surface area contributed by atoms with Gasteiger partial charge in [-0.1, -0.05) is 42.2 Å². The summed E-state index contributed by atoms with van der Waals surface area (Å²) in [4.78, 5) is 27.1. The minimum absolute atomic E-state index is 0.0678. The lowest BCUT2D eigenvalue weighted by Gasteiger charge is -2.20. The van der Waals surface area contributed by atoms with Crippen LogP contribution in [-0.2, 0) is 11.2 Å². The lowest BCUT2D eigenvalue weighted by Crippen LogP contribution is -2.49. The quantitative estimate of drug-likeness (QED) is 0.571. The number of aliphatic hydroxyl groups is 1. The molecule has 1 atom stereocenters. The molecule has 1 aliphatic heterocycles. The number of nitrogens with one attached hydrogen (secondary N) is 1. The van der Waals surface area contributed by atoms with Crippen molar-refractivity contribution in [2.45, 2.75) is 31.9 Å². The average molecular weight is 460 g/mol. The maximum absolute atomic E-state index is 13.0.